The summed E-state index contributed by atoms with van der Waals surface area (Å²) in [5.74, 6) is -13.4. The van der Waals surface area contributed by atoms with Crippen molar-refractivity contribution in [3.8, 4) is 0 Å². The molecule has 0 aliphatic rings. The highest BCUT2D eigenvalue weighted by Gasteiger charge is 2.35. The Labute approximate surface area is 613 Å². The number of nitrogens with one attached hydrogen (secondary N) is 18. The Morgan fingerprint density at radius 3 is 0.943 bits per heavy atom. The lowest BCUT2D eigenvalue weighted by Crippen LogP contribution is -2.59. The van der Waals surface area contributed by atoms with Crippen LogP contribution in [0, 0.1) is 0 Å². The van der Waals surface area contributed by atoms with Crippen molar-refractivity contribution in [2.24, 2.45) is 17.2 Å². The first-order valence-electron chi connectivity index (χ1n) is 34.8. The summed E-state index contributed by atoms with van der Waals surface area (Å²) in [6.45, 7) is 17.7. The van der Waals surface area contributed by atoms with Gasteiger partial charge in [0.1, 0.15) is 96.7 Å². The number of rotatable bonds is 44. The Bertz CT molecular complexity index is 3590. The summed E-state index contributed by atoms with van der Waals surface area (Å²) in [4.78, 5) is 233. The lowest BCUT2D eigenvalue weighted by Gasteiger charge is -2.25. The van der Waals surface area contributed by atoms with Crippen LogP contribution >= 0.6 is 0 Å². The van der Waals surface area contributed by atoms with E-state index in [1.165, 1.54) is 103 Å². The van der Waals surface area contributed by atoms with Crippen LogP contribution in [0.3, 0.4) is 0 Å². The van der Waals surface area contributed by atoms with Crippen molar-refractivity contribution in [3.63, 3.8) is 0 Å². The normalized spacial score (nSPS) is 15.6. The van der Waals surface area contributed by atoms with Crippen molar-refractivity contribution in [1.82, 2.24) is 100 Å². The van der Waals surface area contributed by atoms with Gasteiger partial charge in [-0.2, -0.15) is 0 Å². The maximum atomic E-state index is 14.1. The molecule has 0 saturated carbocycles. The van der Waals surface area contributed by atoms with E-state index < -0.39 is 197 Å². The Morgan fingerprint density at radius 1 is 0.349 bits per heavy atom. The molecule has 3 rings (SSSR count). The Balaban J connectivity index is 1.53. The smallest absolute Gasteiger partial charge is 0.243 e. The highest BCUT2D eigenvalue weighted by atomic mass is 16.2. The summed E-state index contributed by atoms with van der Waals surface area (Å²) in [6, 6.07) is -12.9. The van der Waals surface area contributed by atoms with E-state index in [-0.39, 0.29) is 25.7 Å². The van der Waals surface area contributed by atoms with Gasteiger partial charge in [0.25, 0.3) is 0 Å². The van der Waals surface area contributed by atoms with Crippen LogP contribution < -0.4 is 102 Å². The van der Waals surface area contributed by atoms with Gasteiger partial charge in [-0.3, -0.25) is 81.5 Å². The quantitative estimate of drug-likeness (QED) is 0.0234. The molecular formula is C67H106N22O17. The number of unbranched alkanes of at least 4 members (excludes halogenated alkanes) is 2. The molecule has 1 aromatic carbocycles. The molecule has 17 amide bonds. The second-order valence-electron chi connectivity index (χ2n) is 26.0. The largest absolute Gasteiger partial charge is 0.368 e. The first-order valence-corrected chi connectivity index (χ1v) is 34.8. The molecular weight excluding hydrogens is 1380 g/mol. The average Bonchev–Trinajstić information content (AvgIpc) is 1.67. The van der Waals surface area contributed by atoms with Gasteiger partial charge < -0.3 is 112 Å². The number of nitrogens with two attached hydrogens (primary N) is 3. The standard InChI is InChI=1S/C67H106N22O17/c1-31(74-54(93)32(2)76-56(95)34(4)78-58(97)36(6)80-61(100)39(9)84-65(104)49(86-43(13)90)23-17-19-25-69)53(92)75-33(3)55(94)77-35(5)57(96)79-37(7)59(98)82-41(11)63(102)88-50(26-44-28-72-47-21-15-14-20-46(44)47)66(105)85-40(10)62(101)81-38(8)60(99)83-42(12)64(103)89-51(27-45-29-71-30-73-45)67(106)87-48(52(70)91)22-16-18-24-68/h14-15,20-21,28-42,48-51,72H,16-19,22-27,68-69H2,1-13H3,(H2,70,91)(H,71,73)(H,74,93)(H,75,92)(H,76,95)(H,77,94)(H,78,97)(H,79,96)(H,80,100)(H,81,101)(H,82,98)(H,83,99)(H,84,104)(H,85,105)(H,86,90)(H,87,106)(H,88,102)(H,89,103)/t31-,32-,33-,34-,35-,36-,37-,38-,39-,40-,41-,42-,48-,49-,50-,51-/m0/s1. The molecule has 2 heterocycles. The molecule has 0 aliphatic carbocycles. The van der Waals surface area contributed by atoms with Crippen molar-refractivity contribution in [3.05, 3.63) is 54.2 Å². The number of carbonyl (C=O) groups is 17. The molecule has 3 aromatic rings. The van der Waals surface area contributed by atoms with Crippen molar-refractivity contribution < 1.29 is 81.5 Å². The number of carbonyl (C=O) groups excluding carboxylic acids is 17. The lowest BCUT2D eigenvalue weighted by atomic mass is 10.0. The zero-order valence-corrected chi connectivity index (χ0v) is 62.0. The number of aromatic nitrogens is 3. The zero-order valence-electron chi connectivity index (χ0n) is 62.0. The number of primary amides is 1. The third kappa shape index (κ3) is 29.9. The molecule has 106 heavy (non-hydrogen) atoms. The number of fused-ring (bicyclic) bond motifs is 1. The summed E-state index contributed by atoms with van der Waals surface area (Å²) in [7, 11) is 0. The van der Waals surface area contributed by atoms with Gasteiger partial charge in [-0.15, -0.1) is 0 Å². The van der Waals surface area contributed by atoms with Crippen molar-refractivity contribution in [1.29, 1.82) is 0 Å². The van der Waals surface area contributed by atoms with E-state index in [0.717, 1.165) is 0 Å². The van der Waals surface area contributed by atoms with Gasteiger partial charge in [0.2, 0.25) is 100 Å². The Morgan fingerprint density at radius 2 is 0.632 bits per heavy atom. The monoisotopic (exact) mass is 1490 g/mol. The lowest BCUT2D eigenvalue weighted by molar-refractivity contribution is -0.135. The van der Waals surface area contributed by atoms with Crippen LogP contribution in [0.5, 0.6) is 0 Å². The summed E-state index contributed by atoms with van der Waals surface area (Å²) in [5, 5.41) is 40.3. The van der Waals surface area contributed by atoms with E-state index in [1.54, 1.807) is 30.5 Å². The van der Waals surface area contributed by atoms with E-state index in [4.69, 9.17) is 17.2 Å². The van der Waals surface area contributed by atoms with E-state index in [2.05, 4.69) is 100 Å². The molecule has 0 unspecified atom stereocenters. The minimum absolute atomic E-state index is 0.0863. The molecule has 586 valence electrons. The fourth-order valence-electron chi connectivity index (χ4n) is 10.0. The fraction of sp³-hybridized carbons (Fsp3) is 0.582. The molecule has 0 fully saturated rings. The summed E-state index contributed by atoms with van der Waals surface area (Å²) < 4.78 is 0. The molecule has 0 aliphatic heterocycles. The molecule has 39 nitrogen and oxygen atoms in total. The number of amides is 17. The fourth-order valence-corrected chi connectivity index (χ4v) is 10.0. The van der Waals surface area contributed by atoms with Crippen molar-refractivity contribution in [2.75, 3.05) is 13.1 Å². The van der Waals surface area contributed by atoms with Crippen molar-refractivity contribution in [2.45, 2.75) is 238 Å². The Kier molecular flexibility index (Phi) is 36.9. The average molecular weight is 1490 g/mol. The molecule has 0 saturated heterocycles. The van der Waals surface area contributed by atoms with Gasteiger partial charge in [0.05, 0.1) is 6.33 Å². The van der Waals surface area contributed by atoms with Gasteiger partial charge >= 0.3 is 0 Å². The molecule has 2 aromatic heterocycles. The van der Waals surface area contributed by atoms with Gasteiger partial charge in [0, 0.05) is 48.8 Å². The molecule has 0 spiro atoms. The maximum absolute atomic E-state index is 14.1. The number of para-hydroxylation sites is 1. The number of hydrogen-bond donors (Lipinski definition) is 21. The second-order valence-corrected chi connectivity index (χ2v) is 26.0. The minimum atomic E-state index is -1.39. The van der Waals surface area contributed by atoms with Gasteiger partial charge in [0.15, 0.2) is 0 Å². The molecule has 0 radical (unpaired) electrons. The van der Waals surface area contributed by atoms with Crippen LogP contribution in [0.4, 0.5) is 0 Å². The maximum Gasteiger partial charge on any atom is 0.243 e. The topological polar surface area (TPSA) is 605 Å². The van der Waals surface area contributed by atoms with E-state index in [9.17, 15) is 81.5 Å². The first kappa shape index (κ1) is 89.1. The molecule has 0 bridgehead atoms. The van der Waals surface area contributed by atoms with E-state index in [0.29, 0.717) is 60.9 Å². The van der Waals surface area contributed by atoms with E-state index >= 15 is 0 Å². The third-order valence-corrected chi connectivity index (χ3v) is 16.6. The van der Waals surface area contributed by atoms with Crippen LogP contribution in [0.25, 0.3) is 10.9 Å². The first-order chi connectivity index (χ1) is 49.8. The van der Waals surface area contributed by atoms with E-state index in [1.807, 2.05) is 0 Å². The van der Waals surface area contributed by atoms with Gasteiger partial charge in [-0.25, -0.2) is 4.98 Å². The Hall–Kier alpha value is -11.1. The van der Waals surface area contributed by atoms with Crippen LogP contribution in [-0.4, -0.2) is 225 Å². The number of imidazole rings is 1. The number of benzene rings is 1. The number of H-pyrrole nitrogens is 2. The highest BCUT2D eigenvalue weighted by molar-refractivity contribution is 6.01. The summed E-state index contributed by atoms with van der Waals surface area (Å²) >= 11 is 0. The SMILES string of the molecule is CC(=O)N[C@@H](CCCCN)C(=O)N[C@@H](C)C(=O)N[C@@H](C)C(=O)N[C@@H](C)C(=O)N[C@@H](C)C(=O)N[C@@H](C)C(=O)N[C@@H](C)C(=O)N[C@@H](C)C(=O)N[C@@H](C)C(=O)N[C@@H](C)C(=O)N[C@@H](Cc1c[nH]c2ccccc12)C(=O)N[C@@H](C)C(=O)N[C@@H](C)C(=O)N[C@@H](C)C(=O)N[C@@H](Cc1cnc[nH]1)C(=O)N[C@@H](CCCCN)C(N)=O. The van der Waals surface area contributed by atoms with Crippen molar-refractivity contribution >= 4 is 111 Å². The summed E-state index contributed by atoms with van der Waals surface area (Å²) in [6.07, 6.45) is 6.89. The van der Waals surface area contributed by atoms with Gasteiger partial charge in [-0.1, -0.05) is 18.2 Å². The number of nitrogens with zero attached hydrogens (tertiary/aromatic N) is 1. The van der Waals surface area contributed by atoms with Crippen LogP contribution in [0.1, 0.15) is 140 Å². The molecule has 16 atom stereocenters. The molecule has 24 N–H and O–H groups in total. The van der Waals surface area contributed by atoms with Crippen LogP contribution in [-0.2, 0) is 94.3 Å². The second kappa shape index (κ2) is 43.9. The number of aromatic amines is 2. The minimum Gasteiger partial charge on any atom is -0.368 e. The number of hydrogen-bond acceptors (Lipinski definition) is 20. The predicted molar refractivity (Wildman–Crippen MR) is 384 cm³/mol. The van der Waals surface area contributed by atoms with Crippen LogP contribution in [0.15, 0.2) is 43.0 Å². The summed E-state index contributed by atoms with van der Waals surface area (Å²) in [5.41, 5.74) is 18.4. The predicted octanol–water partition coefficient (Wildman–Crippen LogP) is -6.56. The molecule has 39 heteroatoms. The zero-order chi connectivity index (χ0) is 79.8. The highest BCUT2D eigenvalue weighted by Crippen LogP contribution is 2.20. The third-order valence-electron chi connectivity index (χ3n) is 16.6. The van der Waals surface area contributed by atoms with Crippen LogP contribution in [0.2, 0.25) is 0 Å². The van der Waals surface area contributed by atoms with Gasteiger partial charge in [-0.05, 0) is 146 Å².